The van der Waals surface area contributed by atoms with Crippen LogP contribution in [0.4, 0.5) is 0 Å². The summed E-state index contributed by atoms with van der Waals surface area (Å²) in [6.07, 6.45) is 5.42. The highest BCUT2D eigenvalue weighted by Crippen LogP contribution is 2.41. The number of piperidine rings is 1. The Bertz CT molecular complexity index is 722. The van der Waals surface area contributed by atoms with Crippen molar-refractivity contribution in [3.05, 3.63) is 29.8 Å². The van der Waals surface area contributed by atoms with Gasteiger partial charge in [0.05, 0.1) is 0 Å². The van der Waals surface area contributed by atoms with Gasteiger partial charge in [0.1, 0.15) is 12.4 Å². The van der Waals surface area contributed by atoms with Gasteiger partial charge in [0.2, 0.25) is 5.91 Å². The lowest BCUT2D eigenvalue weighted by Crippen LogP contribution is -2.47. The average Bonchev–Trinajstić information content (AvgIpc) is 2.96. The Kier molecular flexibility index (Phi) is 8.08. The molecule has 6 nitrogen and oxygen atoms in total. The van der Waals surface area contributed by atoms with Gasteiger partial charge in [0, 0.05) is 59.3 Å². The summed E-state index contributed by atoms with van der Waals surface area (Å²) in [4.78, 5) is 21.6. The molecule has 1 aromatic carbocycles. The molecule has 0 bridgehead atoms. The third kappa shape index (κ3) is 6.24. The van der Waals surface area contributed by atoms with Crippen molar-refractivity contribution in [3.8, 4) is 5.75 Å². The standard InChI is InChI=1S/C26H42N4O2/c1-3-28-16-18-29(19-17-28)20-21-32-24-6-4-23(5-7-24)22-30-14-11-26(12-15-30)9-8-25(31)27(2)13-10-26/h4-7H,3,8-22H2,1-2H3. The summed E-state index contributed by atoms with van der Waals surface area (Å²) in [7, 11) is 1.96. The first-order chi connectivity index (χ1) is 15.5. The zero-order valence-electron chi connectivity index (χ0n) is 20.2. The van der Waals surface area contributed by atoms with Gasteiger partial charge in [-0.05, 0) is 68.4 Å². The second-order valence-corrected chi connectivity index (χ2v) is 10.1. The molecule has 4 rings (SSSR count). The lowest BCUT2D eigenvalue weighted by atomic mass is 9.73. The summed E-state index contributed by atoms with van der Waals surface area (Å²) in [6.45, 7) is 14.1. The Labute approximate surface area is 194 Å². The molecule has 3 aliphatic rings. The summed E-state index contributed by atoms with van der Waals surface area (Å²) in [5, 5.41) is 0. The molecule has 0 unspecified atom stereocenters. The maximum absolute atomic E-state index is 12.0. The van der Waals surface area contributed by atoms with Crippen LogP contribution in [-0.4, -0.2) is 98.1 Å². The Morgan fingerprint density at radius 3 is 2.19 bits per heavy atom. The highest BCUT2D eigenvalue weighted by Gasteiger charge is 2.37. The number of ether oxygens (including phenoxy) is 1. The topological polar surface area (TPSA) is 39.3 Å². The van der Waals surface area contributed by atoms with E-state index in [0.29, 0.717) is 11.3 Å². The van der Waals surface area contributed by atoms with Crippen LogP contribution in [0.25, 0.3) is 0 Å². The molecule has 0 radical (unpaired) electrons. The van der Waals surface area contributed by atoms with E-state index in [9.17, 15) is 4.79 Å². The molecule has 6 heteroatoms. The molecule has 3 aliphatic heterocycles. The number of piperazine rings is 1. The van der Waals surface area contributed by atoms with Crippen molar-refractivity contribution >= 4 is 5.91 Å². The average molecular weight is 443 g/mol. The van der Waals surface area contributed by atoms with Gasteiger partial charge in [-0.1, -0.05) is 19.1 Å². The van der Waals surface area contributed by atoms with Crippen LogP contribution in [0.2, 0.25) is 0 Å². The van der Waals surface area contributed by atoms with Gasteiger partial charge in [0.25, 0.3) is 0 Å². The van der Waals surface area contributed by atoms with Crippen molar-refractivity contribution in [3.63, 3.8) is 0 Å². The van der Waals surface area contributed by atoms with Gasteiger partial charge < -0.3 is 14.5 Å². The van der Waals surface area contributed by atoms with Crippen LogP contribution in [0.1, 0.15) is 44.6 Å². The van der Waals surface area contributed by atoms with Crippen molar-refractivity contribution in [1.82, 2.24) is 19.6 Å². The summed E-state index contributed by atoms with van der Waals surface area (Å²) >= 11 is 0. The Hall–Kier alpha value is -1.63. The first kappa shape index (κ1) is 23.5. The first-order valence-electron chi connectivity index (χ1n) is 12.7. The predicted octanol–water partition coefficient (Wildman–Crippen LogP) is 2.93. The summed E-state index contributed by atoms with van der Waals surface area (Å²) in [5.74, 6) is 1.30. The van der Waals surface area contributed by atoms with E-state index in [1.54, 1.807) is 0 Å². The molecule has 0 N–H and O–H groups in total. The van der Waals surface area contributed by atoms with Crippen LogP contribution in [-0.2, 0) is 11.3 Å². The fourth-order valence-electron chi connectivity index (χ4n) is 5.47. The molecule has 0 saturated carbocycles. The molecule has 0 aromatic heterocycles. The third-order valence-electron chi connectivity index (χ3n) is 8.11. The molecule has 0 aliphatic carbocycles. The number of likely N-dealkylation sites (tertiary alicyclic amines) is 2. The minimum atomic E-state index is 0.325. The lowest BCUT2D eigenvalue weighted by Gasteiger charge is -2.41. The molecule has 32 heavy (non-hydrogen) atoms. The normalized spacial score (nSPS) is 23.4. The van der Waals surface area contributed by atoms with Gasteiger partial charge in [-0.15, -0.1) is 0 Å². The van der Waals surface area contributed by atoms with E-state index < -0.39 is 0 Å². The number of carbonyl (C=O) groups is 1. The number of carbonyl (C=O) groups excluding carboxylic acids is 1. The number of benzene rings is 1. The summed E-state index contributed by atoms with van der Waals surface area (Å²) < 4.78 is 6.01. The molecule has 0 atom stereocenters. The van der Waals surface area contributed by atoms with Crippen molar-refractivity contribution in [2.45, 2.75) is 45.6 Å². The van der Waals surface area contributed by atoms with E-state index in [4.69, 9.17) is 4.74 Å². The zero-order valence-corrected chi connectivity index (χ0v) is 20.2. The number of amides is 1. The zero-order chi connectivity index (χ0) is 22.4. The predicted molar refractivity (Wildman–Crippen MR) is 129 cm³/mol. The van der Waals surface area contributed by atoms with Crippen molar-refractivity contribution in [1.29, 1.82) is 0 Å². The van der Waals surface area contributed by atoms with Gasteiger partial charge in [-0.25, -0.2) is 0 Å². The minimum Gasteiger partial charge on any atom is -0.492 e. The van der Waals surface area contributed by atoms with E-state index in [1.165, 1.54) is 37.9 Å². The van der Waals surface area contributed by atoms with Crippen molar-refractivity contribution < 1.29 is 9.53 Å². The SMILES string of the molecule is CCN1CCN(CCOc2ccc(CN3CCC4(CCC(=O)N(C)CC4)CC3)cc2)CC1. The van der Waals surface area contributed by atoms with Crippen molar-refractivity contribution in [2.24, 2.45) is 5.41 Å². The van der Waals surface area contributed by atoms with E-state index in [-0.39, 0.29) is 0 Å². The second-order valence-electron chi connectivity index (χ2n) is 10.1. The quantitative estimate of drug-likeness (QED) is 0.649. The Balaban J connectivity index is 1.16. The molecular weight excluding hydrogens is 400 g/mol. The molecule has 178 valence electrons. The van der Waals surface area contributed by atoms with Crippen LogP contribution >= 0.6 is 0 Å². The fraction of sp³-hybridized carbons (Fsp3) is 0.731. The molecule has 1 amide bonds. The second kappa shape index (κ2) is 11.0. The van der Waals surface area contributed by atoms with Gasteiger partial charge in [-0.2, -0.15) is 0 Å². The van der Waals surface area contributed by atoms with E-state index >= 15 is 0 Å². The minimum absolute atomic E-state index is 0.325. The molecule has 3 heterocycles. The van der Waals surface area contributed by atoms with E-state index in [0.717, 1.165) is 77.6 Å². The molecule has 3 fully saturated rings. The number of hydrogen-bond acceptors (Lipinski definition) is 5. The Morgan fingerprint density at radius 1 is 0.844 bits per heavy atom. The maximum Gasteiger partial charge on any atom is 0.222 e. The number of likely N-dealkylation sites (N-methyl/N-ethyl adjacent to an activating group) is 1. The van der Waals surface area contributed by atoms with E-state index in [1.807, 2.05) is 11.9 Å². The monoisotopic (exact) mass is 442 g/mol. The van der Waals surface area contributed by atoms with Crippen LogP contribution in [0.15, 0.2) is 24.3 Å². The lowest BCUT2D eigenvalue weighted by molar-refractivity contribution is -0.129. The van der Waals surface area contributed by atoms with Crippen molar-refractivity contribution in [2.75, 3.05) is 72.6 Å². The molecule has 3 saturated heterocycles. The largest absolute Gasteiger partial charge is 0.492 e. The smallest absolute Gasteiger partial charge is 0.222 e. The first-order valence-corrected chi connectivity index (χ1v) is 12.7. The van der Waals surface area contributed by atoms with Gasteiger partial charge in [-0.3, -0.25) is 14.6 Å². The molecule has 1 spiro atoms. The highest BCUT2D eigenvalue weighted by molar-refractivity contribution is 5.76. The van der Waals surface area contributed by atoms with Gasteiger partial charge in [0.15, 0.2) is 0 Å². The van der Waals surface area contributed by atoms with Crippen LogP contribution in [0.3, 0.4) is 0 Å². The number of hydrogen-bond donors (Lipinski definition) is 0. The van der Waals surface area contributed by atoms with Gasteiger partial charge >= 0.3 is 0 Å². The maximum atomic E-state index is 12.0. The molecule has 1 aromatic rings. The Morgan fingerprint density at radius 2 is 1.50 bits per heavy atom. The van der Waals surface area contributed by atoms with Crippen LogP contribution in [0, 0.1) is 5.41 Å². The summed E-state index contributed by atoms with van der Waals surface area (Å²) in [6, 6.07) is 8.70. The van der Waals surface area contributed by atoms with E-state index in [2.05, 4.69) is 45.9 Å². The number of nitrogens with zero attached hydrogens (tertiary/aromatic N) is 4. The summed E-state index contributed by atoms with van der Waals surface area (Å²) in [5.41, 5.74) is 1.75. The van der Waals surface area contributed by atoms with Crippen LogP contribution < -0.4 is 4.74 Å². The number of rotatable bonds is 7. The highest BCUT2D eigenvalue weighted by atomic mass is 16.5. The molecular formula is C26H42N4O2. The third-order valence-corrected chi connectivity index (χ3v) is 8.11. The fourth-order valence-corrected chi connectivity index (χ4v) is 5.47. The van der Waals surface area contributed by atoms with Crippen LogP contribution in [0.5, 0.6) is 5.75 Å².